The third kappa shape index (κ3) is 2.64. The van der Waals surface area contributed by atoms with Crippen LogP contribution >= 0.6 is 0 Å². The lowest BCUT2D eigenvalue weighted by atomic mass is 9.77. The monoisotopic (exact) mass is 350 g/mol. The van der Waals surface area contributed by atoms with Gasteiger partial charge in [-0.2, -0.15) is 0 Å². The lowest BCUT2D eigenvalue weighted by molar-refractivity contribution is -0.144. The van der Waals surface area contributed by atoms with E-state index in [1.807, 2.05) is 6.08 Å². The molecule has 0 heterocycles. The second-order valence-electron chi connectivity index (χ2n) is 9.03. The highest BCUT2D eigenvalue weighted by molar-refractivity contribution is 6.02. The summed E-state index contributed by atoms with van der Waals surface area (Å²) in [5, 5.41) is 43.0. The molecular formula is C20H30O5. The van der Waals surface area contributed by atoms with Crippen LogP contribution in [0.3, 0.4) is 0 Å². The highest BCUT2D eigenvalue weighted by atomic mass is 16.3. The Balaban J connectivity index is 2.08. The molecule has 0 radical (unpaired) electrons. The van der Waals surface area contributed by atoms with E-state index in [0.717, 1.165) is 0 Å². The maximum Gasteiger partial charge on any atom is 0.190 e. The molecule has 2 saturated carbocycles. The van der Waals surface area contributed by atoms with Crippen LogP contribution in [0.15, 0.2) is 23.8 Å². The van der Waals surface area contributed by atoms with Gasteiger partial charge in [-0.25, -0.2) is 0 Å². The Labute approximate surface area is 149 Å². The second kappa shape index (κ2) is 5.74. The maximum atomic E-state index is 13.0. The van der Waals surface area contributed by atoms with Crippen LogP contribution in [0.5, 0.6) is 0 Å². The topological polar surface area (TPSA) is 98.0 Å². The fraction of sp³-hybridized carbons (Fsp3) is 0.750. The number of Topliss-reactive ketones (excluding diaryl/α,β-unsaturated/α-hetero) is 1. The number of carbonyl (C=O) groups excluding carboxylic acids is 1. The van der Waals surface area contributed by atoms with Gasteiger partial charge in [0, 0.05) is 0 Å². The van der Waals surface area contributed by atoms with E-state index in [0.29, 0.717) is 12.0 Å². The zero-order valence-electron chi connectivity index (χ0n) is 15.4. The summed E-state index contributed by atoms with van der Waals surface area (Å²) in [4.78, 5) is 13.0. The van der Waals surface area contributed by atoms with Crippen molar-refractivity contribution in [1.29, 1.82) is 0 Å². The van der Waals surface area contributed by atoms with Crippen LogP contribution in [-0.2, 0) is 4.79 Å². The number of fused-ring (bicyclic) bond motifs is 2. The fourth-order valence-electron chi connectivity index (χ4n) is 5.15. The largest absolute Gasteiger partial charge is 0.392 e. The summed E-state index contributed by atoms with van der Waals surface area (Å²) in [6.07, 6.45) is -0.880. The molecule has 25 heavy (non-hydrogen) atoms. The van der Waals surface area contributed by atoms with Gasteiger partial charge in [-0.15, -0.1) is 0 Å². The number of hydrogen-bond donors (Lipinski definition) is 4. The molecule has 2 fully saturated rings. The van der Waals surface area contributed by atoms with Gasteiger partial charge in [0.2, 0.25) is 0 Å². The molecule has 5 nitrogen and oxygen atoms in total. The summed E-state index contributed by atoms with van der Waals surface area (Å²) in [5.41, 5.74) is -1.26. The molecule has 0 spiro atoms. The Morgan fingerprint density at radius 2 is 1.84 bits per heavy atom. The molecule has 3 aliphatic carbocycles. The van der Waals surface area contributed by atoms with Crippen LogP contribution in [0, 0.1) is 29.1 Å². The molecule has 0 aromatic rings. The number of aliphatic hydroxyl groups is 4. The van der Waals surface area contributed by atoms with Crippen molar-refractivity contribution in [3.05, 3.63) is 23.8 Å². The van der Waals surface area contributed by atoms with E-state index < -0.39 is 35.6 Å². The molecule has 0 bridgehead atoms. The average Bonchev–Trinajstić information content (AvgIpc) is 2.92. The summed E-state index contributed by atoms with van der Waals surface area (Å²) in [6, 6.07) is 0. The Hall–Kier alpha value is -1.01. The summed E-state index contributed by atoms with van der Waals surface area (Å²) < 4.78 is 0. The molecule has 3 aliphatic rings. The molecule has 0 aliphatic heterocycles. The quantitative estimate of drug-likeness (QED) is 0.492. The van der Waals surface area contributed by atoms with Gasteiger partial charge in [0.25, 0.3) is 0 Å². The lowest BCUT2D eigenvalue weighted by Gasteiger charge is -2.35. The van der Waals surface area contributed by atoms with Crippen molar-refractivity contribution in [3.63, 3.8) is 0 Å². The molecule has 5 heteroatoms. The number of aliphatic hydroxyl groups excluding tert-OH is 3. The molecule has 3 rings (SSSR count). The first kappa shape index (κ1) is 18.8. The van der Waals surface area contributed by atoms with Gasteiger partial charge in [-0.3, -0.25) is 4.79 Å². The minimum absolute atomic E-state index is 0.0442. The minimum Gasteiger partial charge on any atom is -0.392 e. The van der Waals surface area contributed by atoms with Crippen LogP contribution in [0.1, 0.15) is 40.5 Å². The molecule has 0 saturated heterocycles. The molecule has 4 N–H and O–H groups in total. The summed E-state index contributed by atoms with van der Waals surface area (Å²) in [7, 11) is 0. The van der Waals surface area contributed by atoms with E-state index in [4.69, 9.17) is 0 Å². The molecule has 0 aromatic heterocycles. The van der Waals surface area contributed by atoms with Crippen molar-refractivity contribution in [1.82, 2.24) is 0 Å². The van der Waals surface area contributed by atoms with Crippen molar-refractivity contribution in [2.45, 2.75) is 64.4 Å². The first-order valence-corrected chi connectivity index (χ1v) is 9.11. The Bertz CT molecular complexity index is 636. The van der Waals surface area contributed by atoms with Crippen LogP contribution in [0.25, 0.3) is 0 Å². The second-order valence-corrected chi connectivity index (χ2v) is 9.03. The van der Waals surface area contributed by atoms with E-state index in [-0.39, 0.29) is 35.2 Å². The molecule has 0 unspecified atom stereocenters. The maximum absolute atomic E-state index is 13.0. The van der Waals surface area contributed by atoms with Gasteiger partial charge in [-0.05, 0) is 54.1 Å². The van der Waals surface area contributed by atoms with Gasteiger partial charge >= 0.3 is 0 Å². The highest BCUT2D eigenvalue weighted by Crippen LogP contribution is 2.62. The van der Waals surface area contributed by atoms with Crippen molar-refractivity contribution in [2.24, 2.45) is 29.1 Å². The van der Waals surface area contributed by atoms with E-state index in [9.17, 15) is 25.2 Å². The Kier molecular flexibility index (Phi) is 4.31. The summed E-state index contributed by atoms with van der Waals surface area (Å²) in [5.74, 6) is -1.53. The summed E-state index contributed by atoms with van der Waals surface area (Å²) in [6.45, 7) is 11.4. The predicted molar refractivity (Wildman–Crippen MR) is 93.5 cm³/mol. The third-order valence-electron chi connectivity index (χ3n) is 7.08. The van der Waals surface area contributed by atoms with Crippen molar-refractivity contribution in [2.75, 3.05) is 0 Å². The van der Waals surface area contributed by atoms with Crippen molar-refractivity contribution >= 4 is 5.78 Å². The molecule has 8 atom stereocenters. The standard InChI is InChI=1S/C20H30O5/c1-9-6-12-13(19(12,4)5)7-14(21)11(3)17(23)15-16(22)10(2)8-20(15,25)18(9)24/h6,10,12-17,21-23,25H,3,7-8H2,1-2,4-5H3/b9-6-/t10-,12-,13+,14+,15+,16-,17-,20-/m0/s1. The number of allylic oxidation sites excluding steroid dienone is 1. The van der Waals surface area contributed by atoms with Crippen molar-refractivity contribution in [3.8, 4) is 0 Å². The highest BCUT2D eigenvalue weighted by Gasteiger charge is 2.61. The SMILES string of the molecule is C=C1[C@H](O)C[C@@H]2[C@H](/C=C(/C)C(=O)[C@]3(O)C[C@H](C)[C@H](O)[C@@H]3[C@H]1O)C2(C)C. The lowest BCUT2D eigenvalue weighted by Crippen LogP contribution is -2.51. The van der Waals surface area contributed by atoms with Gasteiger partial charge in [0.15, 0.2) is 5.78 Å². The van der Waals surface area contributed by atoms with Gasteiger partial charge in [0.1, 0.15) is 5.60 Å². The molecule has 0 aromatic carbocycles. The van der Waals surface area contributed by atoms with Crippen LogP contribution < -0.4 is 0 Å². The Morgan fingerprint density at radius 1 is 1.24 bits per heavy atom. The van der Waals surface area contributed by atoms with E-state index in [1.165, 1.54) is 0 Å². The van der Waals surface area contributed by atoms with E-state index >= 15 is 0 Å². The Morgan fingerprint density at radius 3 is 2.44 bits per heavy atom. The summed E-state index contributed by atoms with van der Waals surface area (Å²) >= 11 is 0. The van der Waals surface area contributed by atoms with Crippen molar-refractivity contribution < 1.29 is 25.2 Å². The fourth-order valence-corrected chi connectivity index (χ4v) is 5.15. The van der Waals surface area contributed by atoms with Gasteiger partial charge < -0.3 is 20.4 Å². The predicted octanol–water partition coefficient (Wildman–Crippen LogP) is 1.20. The molecule has 0 amide bonds. The van der Waals surface area contributed by atoms with Crippen LogP contribution in [0.2, 0.25) is 0 Å². The average molecular weight is 350 g/mol. The number of hydrogen-bond acceptors (Lipinski definition) is 5. The molecule has 140 valence electrons. The molecular weight excluding hydrogens is 320 g/mol. The first-order chi connectivity index (χ1) is 11.4. The normalized spacial score (nSPS) is 51.8. The van der Waals surface area contributed by atoms with Crippen LogP contribution in [-0.4, -0.2) is 50.1 Å². The number of carbonyl (C=O) groups is 1. The van der Waals surface area contributed by atoms with E-state index in [1.54, 1.807) is 13.8 Å². The van der Waals surface area contributed by atoms with Gasteiger partial charge in [-0.1, -0.05) is 33.4 Å². The number of ketones is 1. The first-order valence-electron chi connectivity index (χ1n) is 9.11. The third-order valence-corrected chi connectivity index (χ3v) is 7.08. The van der Waals surface area contributed by atoms with Gasteiger partial charge in [0.05, 0.1) is 24.2 Å². The zero-order chi connectivity index (χ0) is 18.9. The van der Waals surface area contributed by atoms with E-state index in [2.05, 4.69) is 20.4 Å². The number of rotatable bonds is 0. The smallest absolute Gasteiger partial charge is 0.190 e. The minimum atomic E-state index is -1.85. The van der Waals surface area contributed by atoms with Crippen LogP contribution in [0.4, 0.5) is 0 Å². The zero-order valence-corrected chi connectivity index (χ0v) is 15.4.